The first kappa shape index (κ1) is 87.1. The average Bonchev–Trinajstić information content (AvgIpc) is 3.70. The SMILES string of the molecule is CCCCCCCCCCCCCCCCCCCC(=O)O[C@H](COC(=O)CCCCCCCCCCCCCCC(C)C)COP(=O)(O)OC[C@@H](O)COP(=O)(O)OC[C@@H](COC(=O)CCCCCCCCCC)OC(=O)CCCCCCCCC(C)C. The van der Waals surface area contributed by atoms with Gasteiger partial charge in [0.05, 0.1) is 26.4 Å². The number of unbranched alkanes of at least 4 members (excludes halogenated alkanes) is 39. The van der Waals surface area contributed by atoms with E-state index in [1.165, 1.54) is 167 Å². The van der Waals surface area contributed by atoms with Gasteiger partial charge in [0.25, 0.3) is 0 Å². The minimum atomic E-state index is -4.95. The number of aliphatic hydroxyl groups excluding tert-OH is 1. The average molecular weight is 1310 g/mol. The van der Waals surface area contributed by atoms with Gasteiger partial charge >= 0.3 is 39.5 Å². The van der Waals surface area contributed by atoms with E-state index < -0.39 is 97.5 Å². The molecular formula is C70H136O17P2. The topological polar surface area (TPSA) is 237 Å². The number of hydrogen-bond donors (Lipinski definition) is 3. The lowest BCUT2D eigenvalue weighted by Gasteiger charge is -2.21. The molecule has 0 aromatic heterocycles. The molecule has 17 nitrogen and oxygen atoms in total. The summed E-state index contributed by atoms with van der Waals surface area (Å²) in [6.07, 6.45) is 47.4. The van der Waals surface area contributed by atoms with Gasteiger partial charge in [-0.15, -0.1) is 0 Å². The number of phosphoric acid groups is 2. The van der Waals surface area contributed by atoms with E-state index in [1.54, 1.807) is 0 Å². The number of carbonyl (C=O) groups is 4. The Balaban J connectivity index is 5.20. The molecule has 0 aromatic carbocycles. The molecule has 0 aliphatic rings. The molecular weight excluding hydrogens is 1170 g/mol. The molecule has 5 atom stereocenters. The number of carbonyl (C=O) groups excluding carboxylic acids is 4. The number of aliphatic hydroxyl groups is 1. The standard InChI is InChI=1S/C70H136O17P2/c1-7-9-11-13-15-17-18-19-20-21-22-23-28-31-35-42-48-54-69(74)86-65(58-81-68(73)53-47-41-34-30-27-25-24-26-29-32-38-44-50-62(3)4)60-84-88(76,77)82-56-64(71)57-83-89(78,79)85-61-66(59-80-67(72)52-46-40-33-16-14-12-10-8-2)87-70(75)55-49-43-37-36-39-45-51-63(5)6/h62-66,71H,7-61H2,1-6H3,(H,76,77)(H,78,79)/t64-,65-,66-/m1/s1. The van der Waals surface area contributed by atoms with Crippen LogP contribution >= 0.6 is 15.6 Å². The summed E-state index contributed by atoms with van der Waals surface area (Å²) in [4.78, 5) is 72.4. The molecule has 0 heterocycles. The third kappa shape index (κ3) is 64.6. The van der Waals surface area contributed by atoms with Crippen LogP contribution in [0.25, 0.3) is 0 Å². The molecule has 0 radical (unpaired) electrons. The second-order valence-electron chi connectivity index (χ2n) is 26.2. The van der Waals surface area contributed by atoms with Crippen molar-refractivity contribution in [2.75, 3.05) is 39.6 Å². The third-order valence-corrected chi connectivity index (χ3v) is 18.1. The van der Waals surface area contributed by atoms with Gasteiger partial charge in [-0.05, 0) is 37.5 Å². The van der Waals surface area contributed by atoms with Crippen LogP contribution in [-0.2, 0) is 65.4 Å². The van der Waals surface area contributed by atoms with Gasteiger partial charge in [-0.3, -0.25) is 37.3 Å². The van der Waals surface area contributed by atoms with Crippen molar-refractivity contribution >= 4 is 39.5 Å². The molecule has 0 aliphatic carbocycles. The lowest BCUT2D eigenvalue weighted by atomic mass is 10.0. The zero-order valence-electron chi connectivity index (χ0n) is 57.7. The van der Waals surface area contributed by atoms with Crippen molar-refractivity contribution in [3.63, 3.8) is 0 Å². The van der Waals surface area contributed by atoms with Crippen LogP contribution in [0.3, 0.4) is 0 Å². The summed E-state index contributed by atoms with van der Waals surface area (Å²) in [5.41, 5.74) is 0. The van der Waals surface area contributed by atoms with Gasteiger partial charge in [-0.1, -0.05) is 305 Å². The van der Waals surface area contributed by atoms with Crippen molar-refractivity contribution in [1.82, 2.24) is 0 Å². The minimum absolute atomic E-state index is 0.102. The molecule has 0 aromatic rings. The first-order valence-corrected chi connectivity index (χ1v) is 39.5. The molecule has 0 amide bonds. The third-order valence-electron chi connectivity index (χ3n) is 16.2. The number of esters is 4. The van der Waals surface area contributed by atoms with Gasteiger partial charge in [-0.25, -0.2) is 9.13 Å². The van der Waals surface area contributed by atoms with Crippen LogP contribution in [0.1, 0.15) is 356 Å². The first-order valence-electron chi connectivity index (χ1n) is 36.5. The van der Waals surface area contributed by atoms with Crippen LogP contribution in [0.2, 0.25) is 0 Å². The minimum Gasteiger partial charge on any atom is -0.462 e. The highest BCUT2D eigenvalue weighted by molar-refractivity contribution is 7.47. The summed E-state index contributed by atoms with van der Waals surface area (Å²) in [5, 5.41) is 10.6. The Morgan fingerprint density at radius 3 is 0.764 bits per heavy atom. The van der Waals surface area contributed by atoms with E-state index in [9.17, 15) is 43.2 Å². The predicted octanol–water partition coefficient (Wildman–Crippen LogP) is 20.0. The van der Waals surface area contributed by atoms with Gasteiger partial charge < -0.3 is 33.8 Å². The van der Waals surface area contributed by atoms with E-state index in [4.69, 9.17) is 37.0 Å². The summed E-state index contributed by atoms with van der Waals surface area (Å²) in [6, 6.07) is 0. The van der Waals surface area contributed by atoms with Gasteiger partial charge in [0.2, 0.25) is 0 Å². The summed E-state index contributed by atoms with van der Waals surface area (Å²) in [5.74, 6) is -0.679. The van der Waals surface area contributed by atoms with E-state index in [0.29, 0.717) is 31.6 Å². The van der Waals surface area contributed by atoms with Crippen LogP contribution < -0.4 is 0 Å². The fourth-order valence-corrected chi connectivity index (χ4v) is 12.2. The van der Waals surface area contributed by atoms with Gasteiger partial charge in [0.15, 0.2) is 12.2 Å². The van der Waals surface area contributed by atoms with Crippen molar-refractivity contribution < 1.29 is 80.2 Å². The second kappa shape index (κ2) is 62.2. The van der Waals surface area contributed by atoms with E-state index in [1.807, 2.05) is 0 Å². The largest absolute Gasteiger partial charge is 0.472 e. The van der Waals surface area contributed by atoms with Crippen molar-refractivity contribution in [3.05, 3.63) is 0 Å². The zero-order chi connectivity index (χ0) is 65.7. The fraction of sp³-hybridized carbons (Fsp3) is 0.943. The van der Waals surface area contributed by atoms with E-state index >= 15 is 0 Å². The van der Waals surface area contributed by atoms with Gasteiger partial charge in [-0.2, -0.15) is 0 Å². The number of phosphoric ester groups is 2. The Kier molecular flexibility index (Phi) is 60.8. The molecule has 3 N–H and O–H groups in total. The lowest BCUT2D eigenvalue weighted by Crippen LogP contribution is -2.30. The van der Waals surface area contributed by atoms with E-state index in [0.717, 1.165) is 102 Å². The molecule has 0 bridgehead atoms. The summed E-state index contributed by atoms with van der Waals surface area (Å²) >= 11 is 0. The highest BCUT2D eigenvalue weighted by atomic mass is 31.2. The van der Waals surface area contributed by atoms with E-state index in [2.05, 4.69) is 41.5 Å². The normalized spacial score (nSPS) is 14.1. The van der Waals surface area contributed by atoms with Crippen molar-refractivity contribution in [2.24, 2.45) is 11.8 Å². The molecule has 0 saturated carbocycles. The van der Waals surface area contributed by atoms with Crippen LogP contribution in [0.4, 0.5) is 0 Å². The first-order chi connectivity index (χ1) is 42.9. The van der Waals surface area contributed by atoms with Crippen molar-refractivity contribution in [3.8, 4) is 0 Å². The molecule has 2 unspecified atom stereocenters. The fourth-order valence-electron chi connectivity index (χ4n) is 10.6. The van der Waals surface area contributed by atoms with E-state index in [-0.39, 0.29) is 25.7 Å². The highest BCUT2D eigenvalue weighted by Crippen LogP contribution is 2.45. The highest BCUT2D eigenvalue weighted by Gasteiger charge is 2.30. The number of ether oxygens (including phenoxy) is 4. The van der Waals surface area contributed by atoms with Crippen LogP contribution in [-0.4, -0.2) is 96.7 Å². The Labute approximate surface area is 543 Å². The lowest BCUT2D eigenvalue weighted by molar-refractivity contribution is -0.161. The molecule has 528 valence electrons. The predicted molar refractivity (Wildman–Crippen MR) is 358 cm³/mol. The second-order valence-corrected chi connectivity index (χ2v) is 29.1. The smallest absolute Gasteiger partial charge is 0.462 e. The molecule has 0 spiro atoms. The molecule has 89 heavy (non-hydrogen) atoms. The summed E-state index contributed by atoms with van der Waals surface area (Å²) < 4.78 is 68.2. The molecule has 0 saturated heterocycles. The molecule has 0 rings (SSSR count). The number of rotatable bonds is 69. The monoisotopic (exact) mass is 1310 g/mol. The van der Waals surface area contributed by atoms with Gasteiger partial charge in [0, 0.05) is 25.7 Å². The summed E-state index contributed by atoms with van der Waals surface area (Å²) in [7, 11) is -9.89. The maximum Gasteiger partial charge on any atom is 0.472 e. The summed E-state index contributed by atoms with van der Waals surface area (Å²) in [6.45, 7) is 9.44. The Morgan fingerprint density at radius 2 is 0.517 bits per heavy atom. The zero-order valence-corrected chi connectivity index (χ0v) is 59.5. The van der Waals surface area contributed by atoms with Crippen molar-refractivity contribution in [2.45, 2.75) is 374 Å². The molecule has 0 fully saturated rings. The van der Waals surface area contributed by atoms with Crippen LogP contribution in [0.5, 0.6) is 0 Å². The quantitative estimate of drug-likeness (QED) is 0.0222. The maximum atomic E-state index is 13.0. The molecule has 19 heteroatoms. The Bertz CT molecular complexity index is 1730. The van der Waals surface area contributed by atoms with Crippen LogP contribution in [0.15, 0.2) is 0 Å². The molecule has 0 aliphatic heterocycles. The Morgan fingerprint density at radius 1 is 0.303 bits per heavy atom. The van der Waals surface area contributed by atoms with Crippen LogP contribution in [0, 0.1) is 11.8 Å². The number of hydrogen-bond acceptors (Lipinski definition) is 15. The van der Waals surface area contributed by atoms with Gasteiger partial charge in [0.1, 0.15) is 19.3 Å². The maximum absolute atomic E-state index is 13.0. The Hall–Kier alpha value is -1.94. The van der Waals surface area contributed by atoms with Crippen molar-refractivity contribution in [1.29, 1.82) is 0 Å².